The first kappa shape index (κ1) is 26.1. The number of ketones is 1. The van der Waals surface area contributed by atoms with E-state index >= 15 is 0 Å². The molecule has 7 nitrogen and oxygen atoms in total. The first-order valence-electron chi connectivity index (χ1n) is 13.5. The fourth-order valence-electron chi connectivity index (χ4n) is 5.50. The normalized spacial score (nSPS) is 19.8. The molecule has 0 aliphatic carbocycles. The van der Waals surface area contributed by atoms with Gasteiger partial charge >= 0.3 is 5.91 Å². The van der Waals surface area contributed by atoms with E-state index in [0.29, 0.717) is 35.0 Å². The standard InChI is InChI=1S/C32H30N2O5S/c1-5-12-38-23-9-6-20(7-10-23)28-26(29(35)21-8-11-24-22(16-21)15-19(4)39-24)30(36)31(37)34(28)32-33-27-18(3)13-17(2)14-25(27)40-32/h6-11,13-14,16,19,28,35H,5,12,15H2,1-4H3/b29-26+/t19-,28-/m1/s1. The molecular formula is C32H30N2O5S. The summed E-state index contributed by atoms with van der Waals surface area (Å²) in [5.41, 5.74) is 5.02. The monoisotopic (exact) mass is 554 g/mol. The Morgan fingerprint density at radius 2 is 1.90 bits per heavy atom. The Bertz CT molecular complexity index is 1690. The van der Waals surface area contributed by atoms with Crippen molar-refractivity contribution in [3.63, 3.8) is 0 Å². The lowest BCUT2D eigenvalue weighted by Gasteiger charge is -2.23. The number of aromatic nitrogens is 1. The van der Waals surface area contributed by atoms with E-state index in [0.717, 1.165) is 39.1 Å². The Labute approximate surface area is 236 Å². The topological polar surface area (TPSA) is 89.0 Å². The van der Waals surface area contributed by atoms with Gasteiger partial charge in [0.25, 0.3) is 5.78 Å². The van der Waals surface area contributed by atoms with E-state index in [-0.39, 0.29) is 17.4 Å². The number of benzene rings is 3. The molecule has 1 aromatic heterocycles. The smallest absolute Gasteiger partial charge is 0.301 e. The summed E-state index contributed by atoms with van der Waals surface area (Å²) in [6.45, 7) is 8.61. The third-order valence-corrected chi connectivity index (χ3v) is 8.31. The lowest BCUT2D eigenvalue weighted by molar-refractivity contribution is -0.132. The van der Waals surface area contributed by atoms with Crippen LogP contribution in [-0.2, 0) is 16.0 Å². The molecule has 3 heterocycles. The van der Waals surface area contributed by atoms with Crippen molar-refractivity contribution >= 4 is 44.1 Å². The molecule has 0 bridgehead atoms. The number of nitrogens with zero attached hydrogens (tertiary/aromatic N) is 2. The molecule has 0 saturated carbocycles. The van der Waals surface area contributed by atoms with Gasteiger partial charge < -0.3 is 14.6 Å². The van der Waals surface area contributed by atoms with Crippen molar-refractivity contribution in [3.8, 4) is 11.5 Å². The first-order chi connectivity index (χ1) is 19.2. The van der Waals surface area contributed by atoms with Gasteiger partial charge in [0, 0.05) is 12.0 Å². The number of aliphatic hydroxyl groups is 1. The molecule has 6 rings (SSSR count). The highest BCUT2D eigenvalue weighted by Gasteiger charge is 2.48. The SMILES string of the molecule is CCCOc1ccc([C@@H]2/C(=C(\O)c3ccc4c(c3)C[C@@H](C)O4)C(=O)C(=O)N2c2nc3c(C)cc(C)cc3s2)cc1. The van der Waals surface area contributed by atoms with Crippen molar-refractivity contribution in [2.45, 2.75) is 52.7 Å². The highest BCUT2D eigenvalue weighted by atomic mass is 32.1. The van der Waals surface area contributed by atoms with Gasteiger partial charge in [-0.2, -0.15) is 0 Å². The minimum absolute atomic E-state index is 0.0336. The molecule has 4 aromatic rings. The predicted molar refractivity (Wildman–Crippen MR) is 156 cm³/mol. The van der Waals surface area contributed by atoms with Gasteiger partial charge in [0.1, 0.15) is 23.4 Å². The minimum Gasteiger partial charge on any atom is -0.507 e. The molecule has 204 valence electrons. The zero-order chi connectivity index (χ0) is 28.1. The molecule has 1 saturated heterocycles. The Morgan fingerprint density at radius 1 is 1.12 bits per heavy atom. The van der Waals surface area contributed by atoms with Crippen molar-refractivity contribution in [3.05, 3.63) is 88.0 Å². The molecular weight excluding hydrogens is 524 g/mol. The minimum atomic E-state index is -0.856. The van der Waals surface area contributed by atoms with Crippen molar-refractivity contribution in [2.75, 3.05) is 11.5 Å². The summed E-state index contributed by atoms with van der Waals surface area (Å²) in [5, 5.41) is 12.0. The largest absolute Gasteiger partial charge is 0.507 e. The van der Waals surface area contributed by atoms with Crippen LogP contribution in [0.3, 0.4) is 0 Å². The molecule has 0 unspecified atom stereocenters. The molecule has 2 aliphatic heterocycles. The lowest BCUT2D eigenvalue weighted by Crippen LogP contribution is -2.29. The van der Waals surface area contributed by atoms with Crippen LogP contribution < -0.4 is 14.4 Å². The maximum absolute atomic E-state index is 13.7. The number of aryl methyl sites for hydroxylation is 2. The molecule has 40 heavy (non-hydrogen) atoms. The van der Waals surface area contributed by atoms with Crippen LogP contribution >= 0.6 is 11.3 Å². The Hall–Kier alpha value is -4.17. The summed E-state index contributed by atoms with van der Waals surface area (Å²) in [7, 11) is 0. The van der Waals surface area contributed by atoms with Crippen LogP contribution in [0, 0.1) is 13.8 Å². The van der Waals surface area contributed by atoms with Crippen LogP contribution in [0.25, 0.3) is 16.0 Å². The second-order valence-corrected chi connectivity index (χ2v) is 11.5. The quantitative estimate of drug-likeness (QED) is 0.163. The number of anilines is 1. The van der Waals surface area contributed by atoms with Crippen molar-refractivity contribution in [2.24, 2.45) is 0 Å². The van der Waals surface area contributed by atoms with E-state index in [9.17, 15) is 14.7 Å². The van der Waals surface area contributed by atoms with E-state index < -0.39 is 17.7 Å². The number of fused-ring (bicyclic) bond motifs is 2. The Morgan fingerprint density at radius 3 is 2.65 bits per heavy atom. The van der Waals surface area contributed by atoms with Crippen LogP contribution in [0.2, 0.25) is 0 Å². The molecule has 2 atom stereocenters. The maximum Gasteiger partial charge on any atom is 0.301 e. The van der Waals surface area contributed by atoms with Crippen LogP contribution in [0.1, 0.15) is 54.1 Å². The highest BCUT2D eigenvalue weighted by Crippen LogP contribution is 2.45. The van der Waals surface area contributed by atoms with Gasteiger partial charge in [0.15, 0.2) is 5.13 Å². The number of carbonyl (C=O) groups excluding carboxylic acids is 2. The van der Waals surface area contributed by atoms with Gasteiger partial charge in [-0.1, -0.05) is 36.5 Å². The average molecular weight is 555 g/mol. The van der Waals surface area contributed by atoms with E-state index in [1.54, 1.807) is 12.1 Å². The summed E-state index contributed by atoms with van der Waals surface area (Å²) >= 11 is 1.36. The molecule has 1 amide bonds. The zero-order valence-corrected chi connectivity index (χ0v) is 23.7. The molecule has 3 aromatic carbocycles. The highest BCUT2D eigenvalue weighted by molar-refractivity contribution is 7.22. The number of amides is 1. The Kier molecular flexibility index (Phi) is 6.58. The molecule has 0 radical (unpaired) electrons. The second kappa shape index (κ2) is 10.1. The number of Topliss-reactive ketones (excluding diaryl/α,β-unsaturated/α-hetero) is 1. The third kappa shape index (κ3) is 4.42. The fraction of sp³-hybridized carbons (Fsp3) is 0.281. The molecule has 2 aliphatic rings. The van der Waals surface area contributed by atoms with Gasteiger partial charge in [-0.25, -0.2) is 4.98 Å². The number of rotatable bonds is 6. The third-order valence-electron chi connectivity index (χ3n) is 7.31. The number of carbonyl (C=O) groups is 2. The van der Waals surface area contributed by atoms with E-state index in [1.165, 1.54) is 16.2 Å². The zero-order valence-electron chi connectivity index (χ0n) is 22.9. The summed E-state index contributed by atoms with van der Waals surface area (Å²) in [6, 6.07) is 15.9. The van der Waals surface area contributed by atoms with Gasteiger partial charge in [0.2, 0.25) is 0 Å². The van der Waals surface area contributed by atoms with Crippen LogP contribution in [0.15, 0.2) is 60.2 Å². The summed E-state index contributed by atoms with van der Waals surface area (Å²) in [5.74, 6) is -0.214. The number of hydrogen-bond acceptors (Lipinski definition) is 7. The average Bonchev–Trinajstić information content (AvgIpc) is 3.60. The molecule has 8 heteroatoms. The van der Waals surface area contributed by atoms with E-state index in [4.69, 9.17) is 14.5 Å². The summed E-state index contributed by atoms with van der Waals surface area (Å²) in [6.07, 6.45) is 1.62. The lowest BCUT2D eigenvalue weighted by atomic mass is 9.94. The van der Waals surface area contributed by atoms with Crippen LogP contribution in [0.5, 0.6) is 11.5 Å². The van der Waals surface area contributed by atoms with Crippen molar-refractivity contribution in [1.82, 2.24) is 4.98 Å². The van der Waals surface area contributed by atoms with Crippen molar-refractivity contribution in [1.29, 1.82) is 0 Å². The molecule has 1 fully saturated rings. The number of hydrogen-bond donors (Lipinski definition) is 1. The van der Waals surface area contributed by atoms with Crippen LogP contribution in [0.4, 0.5) is 5.13 Å². The van der Waals surface area contributed by atoms with Crippen LogP contribution in [-0.4, -0.2) is 34.5 Å². The number of ether oxygens (including phenoxy) is 2. The van der Waals surface area contributed by atoms with E-state index in [1.807, 2.05) is 70.2 Å². The van der Waals surface area contributed by atoms with E-state index in [2.05, 4.69) is 0 Å². The Balaban J connectivity index is 1.51. The molecule has 0 spiro atoms. The maximum atomic E-state index is 13.7. The van der Waals surface area contributed by atoms with Crippen molar-refractivity contribution < 1.29 is 24.2 Å². The van der Waals surface area contributed by atoms with Gasteiger partial charge in [-0.15, -0.1) is 0 Å². The van der Waals surface area contributed by atoms with Gasteiger partial charge in [0.05, 0.1) is 28.4 Å². The number of thiazole rings is 1. The first-order valence-corrected chi connectivity index (χ1v) is 14.3. The van der Waals surface area contributed by atoms with Gasteiger partial charge in [-0.05, 0) is 85.8 Å². The summed E-state index contributed by atoms with van der Waals surface area (Å²) < 4.78 is 12.5. The fourth-order valence-corrected chi connectivity index (χ4v) is 6.67. The number of aliphatic hydroxyl groups excluding tert-OH is 1. The molecule has 1 N–H and O–H groups in total. The predicted octanol–water partition coefficient (Wildman–Crippen LogP) is 6.65. The summed E-state index contributed by atoms with van der Waals surface area (Å²) in [4.78, 5) is 33.5. The second-order valence-electron chi connectivity index (χ2n) is 10.5. The van der Waals surface area contributed by atoms with Gasteiger partial charge in [-0.3, -0.25) is 14.5 Å².